The summed E-state index contributed by atoms with van der Waals surface area (Å²) < 4.78 is 13.8. The van der Waals surface area contributed by atoms with Crippen LogP contribution in [0.4, 0.5) is 14.9 Å². The summed E-state index contributed by atoms with van der Waals surface area (Å²) >= 11 is 9.03. The van der Waals surface area contributed by atoms with Crippen molar-refractivity contribution >= 4 is 45.2 Å². The Labute approximate surface area is 141 Å². The molecule has 0 aliphatic carbocycles. The van der Waals surface area contributed by atoms with E-state index in [-0.39, 0.29) is 33.2 Å². The molecule has 1 saturated heterocycles. The smallest absolute Gasteiger partial charge is 0.321 e. The fourth-order valence-electron chi connectivity index (χ4n) is 2.38. The number of rotatable bonds is 2. The maximum atomic E-state index is 13.5. The van der Waals surface area contributed by atoms with E-state index in [4.69, 9.17) is 11.6 Å². The second-order valence-corrected chi connectivity index (χ2v) is 6.42. The van der Waals surface area contributed by atoms with Crippen molar-refractivity contribution < 1.29 is 14.0 Å². The van der Waals surface area contributed by atoms with Crippen LogP contribution in [-0.2, 0) is 4.79 Å². The Bertz CT molecular complexity index is 600. The third kappa shape index (κ3) is 4.33. The first-order valence-corrected chi connectivity index (χ1v) is 8.01. The molecule has 5 nitrogen and oxygen atoms in total. The molecule has 120 valence electrons. The van der Waals surface area contributed by atoms with Gasteiger partial charge in [-0.3, -0.25) is 4.79 Å². The molecule has 2 rings (SSSR count). The SMILES string of the molecule is CC(=O)NC1CCCN(C(=O)Nc2cc(F)c(Br)cc2Cl)C1. The summed E-state index contributed by atoms with van der Waals surface area (Å²) in [7, 11) is 0. The number of anilines is 1. The third-order valence-electron chi connectivity index (χ3n) is 3.37. The van der Waals surface area contributed by atoms with Crippen molar-refractivity contribution in [3.8, 4) is 0 Å². The lowest BCUT2D eigenvalue weighted by molar-refractivity contribution is -0.119. The Morgan fingerprint density at radius 2 is 2.18 bits per heavy atom. The van der Waals surface area contributed by atoms with Crippen LogP contribution >= 0.6 is 27.5 Å². The van der Waals surface area contributed by atoms with Gasteiger partial charge in [0.1, 0.15) is 5.82 Å². The highest BCUT2D eigenvalue weighted by atomic mass is 79.9. The van der Waals surface area contributed by atoms with E-state index in [9.17, 15) is 14.0 Å². The van der Waals surface area contributed by atoms with E-state index in [1.165, 1.54) is 19.1 Å². The van der Waals surface area contributed by atoms with Gasteiger partial charge in [-0.05, 0) is 34.8 Å². The average Bonchev–Trinajstić information content (AvgIpc) is 2.44. The van der Waals surface area contributed by atoms with Crippen LogP contribution in [0.2, 0.25) is 5.02 Å². The third-order valence-corrected chi connectivity index (χ3v) is 4.29. The molecule has 0 saturated carbocycles. The molecule has 1 aliphatic heterocycles. The van der Waals surface area contributed by atoms with Crippen molar-refractivity contribution in [1.82, 2.24) is 10.2 Å². The van der Waals surface area contributed by atoms with Crippen molar-refractivity contribution in [2.75, 3.05) is 18.4 Å². The van der Waals surface area contributed by atoms with Crippen molar-refractivity contribution in [1.29, 1.82) is 0 Å². The molecular formula is C14H16BrClFN3O2. The molecule has 1 heterocycles. The minimum atomic E-state index is -0.505. The Morgan fingerprint density at radius 3 is 2.86 bits per heavy atom. The number of halogens is 3. The Morgan fingerprint density at radius 1 is 1.45 bits per heavy atom. The average molecular weight is 393 g/mol. The van der Waals surface area contributed by atoms with Crippen LogP contribution in [0.1, 0.15) is 19.8 Å². The molecule has 0 bridgehead atoms. The van der Waals surface area contributed by atoms with E-state index in [0.29, 0.717) is 13.1 Å². The number of hydrogen-bond donors (Lipinski definition) is 2. The lowest BCUT2D eigenvalue weighted by Crippen LogP contribution is -2.50. The first-order valence-electron chi connectivity index (χ1n) is 6.84. The Kier molecular flexibility index (Phi) is 5.63. The van der Waals surface area contributed by atoms with Crippen LogP contribution in [0.25, 0.3) is 0 Å². The van der Waals surface area contributed by atoms with Gasteiger partial charge in [0.15, 0.2) is 0 Å². The van der Waals surface area contributed by atoms with Gasteiger partial charge in [-0.25, -0.2) is 9.18 Å². The van der Waals surface area contributed by atoms with E-state index >= 15 is 0 Å². The van der Waals surface area contributed by atoms with Gasteiger partial charge in [0.05, 0.1) is 15.2 Å². The number of likely N-dealkylation sites (tertiary alicyclic amines) is 1. The van der Waals surface area contributed by atoms with Crippen LogP contribution in [0.5, 0.6) is 0 Å². The first-order chi connectivity index (χ1) is 10.4. The predicted octanol–water partition coefficient (Wildman–Crippen LogP) is 3.37. The lowest BCUT2D eigenvalue weighted by atomic mass is 10.1. The summed E-state index contributed by atoms with van der Waals surface area (Å²) in [5.41, 5.74) is 0.217. The van der Waals surface area contributed by atoms with E-state index in [0.717, 1.165) is 12.8 Å². The molecular weight excluding hydrogens is 377 g/mol. The number of nitrogens with zero attached hydrogens (tertiary/aromatic N) is 1. The second-order valence-electron chi connectivity index (χ2n) is 5.16. The van der Waals surface area contributed by atoms with E-state index in [2.05, 4.69) is 26.6 Å². The summed E-state index contributed by atoms with van der Waals surface area (Å²) in [5, 5.41) is 5.66. The summed E-state index contributed by atoms with van der Waals surface area (Å²) in [5.74, 6) is -0.625. The minimum absolute atomic E-state index is 0.0610. The van der Waals surface area contributed by atoms with Gasteiger partial charge < -0.3 is 15.5 Å². The quantitative estimate of drug-likeness (QED) is 0.758. The van der Waals surface area contributed by atoms with Crippen molar-refractivity contribution in [3.05, 3.63) is 27.4 Å². The van der Waals surface area contributed by atoms with Crippen LogP contribution < -0.4 is 10.6 Å². The maximum Gasteiger partial charge on any atom is 0.321 e. The topological polar surface area (TPSA) is 61.4 Å². The predicted molar refractivity (Wildman–Crippen MR) is 86.5 cm³/mol. The van der Waals surface area contributed by atoms with Crippen molar-refractivity contribution in [2.45, 2.75) is 25.8 Å². The molecule has 1 aromatic carbocycles. The van der Waals surface area contributed by atoms with Crippen LogP contribution in [0, 0.1) is 5.82 Å². The molecule has 1 aromatic rings. The fraction of sp³-hybridized carbons (Fsp3) is 0.429. The Hall–Kier alpha value is -1.34. The highest BCUT2D eigenvalue weighted by molar-refractivity contribution is 9.10. The highest BCUT2D eigenvalue weighted by Gasteiger charge is 2.24. The molecule has 22 heavy (non-hydrogen) atoms. The van der Waals surface area contributed by atoms with Gasteiger partial charge in [-0.15, -0.1) is 0 Å². The Balaban J connectivity index is 2.02. The number of nitrogens with one attached hydrogen (secondary N) is 2. The van der Waals surface area contributed by atoms with Gasteiger partial charge >= 0.3 is 6.03 Å². The van der Waals surface area contributed by atoms with Crippen LogP contribution in [-0.4, -0.2) is 36.0 Å². The first kappa shape index (κ1) is 17.0. The van der Waals surface area contributed by atoms with Crippen molar-refractivity contribution in [3.63, 3.8) is 0 Å². The zero-order valence-electron chi connectivity index (χ0n) is 12.0. The second kappa shape index (κ2) is 7.28. The molecule has 1 atom stereocenters. The molecule has 2 N–H and O–H groups in total. The molecule has 1 aliphatic rings. The zero-order chi connectivity index (χ0) is 16.3. The standard InChI is InChI=1S/C14H16BrClFN3O2/c1-8(21)18-9-3-2-4-20(7-9)14(22)19-13-6-12(17)10(15)5-11(13)16/h5-6,9H,2-4,7H2,1H3,(H,18,21)(H,19,22). The van der Waals surface area contributed by atoms with Crippen LogP contribution in [0.15, 0.2) is 16.6 Å². The minimum Gasteiger partial charge on any atom is -0.352 e. The van der Waals surface area contributed by atoms with Gasteiger partial charge in [-0.2, -0.15) is 0 Å². The molecule has 0 spiro atoms. The molecule has 8 heteroatoms. The lowest BCUT2D eigenvalue weighted by Gasteiger charge is -2.33. The monoisotopic (exact) mass is 391 g/mol. The number of amides is 3. The number of benzene rings is 1. The highest BCUT2D eigenvalue weighted by Crippen LogP contribution is 2.29. The normalized spacial score (nSPS) is 18.0. The fourth-order valence-corrected chi connectivity index (χ4v) is 3.07. The van der Waals surface area contributed by atoms with Gasteiger partial charge in [0.25, 0.3) is 0 Å². The summed E-state index contributed by atoms with van der Waals surface area (Å²) in [6, 6.07) is 2.13. The van der Waals surface area contributed by atoms with Gasteiger partial charge in [0, 0.05) is 32.1 Å². The molecule has 0 radical (unpaired) electrons. The molecule has 1 unspecified atom stereocenters. The number of hydrogen-bond acceptors (Lipinski definition) is 2. The number of carbonyl (C=O) groups is 2. The van der Waals surface area contributed by atoms with Crippen molar-refractivity contribution in [2.24, 2.45) is 0 Å². The van der Waals surface area contributed by atoms with E-state index < -0.39 is 5.82 Å². The molecule has 3 amide bonds. The number of piperidine rings is 1. The summed E-state index contributed by atoms with van der Waals surface area (Å²) in [6.45, 7) is 2.45. The van der Waals surface area contributed by atoms with Gasteiger partial charge in [0.2, 0.25) is 5.91 Å². The number of urea groups is 1. The molecule has 1 fully saturated rings. The van der Waals surface area contributed by atoms with E-state index in [1.54, 1.807) is 4.90 Å². The summed E-state index contributed by atoms with van der Waals surface area (Å²) in [4.78, 5) is 24.9. The maximum absolute atomic E-state index is 13.5. The van der Waals surface area contributed by atoms with Crippen LogP contribution in [0.3, 0.4) is 0 Å². The van der Waals surface area contributed by atoms with Gasteiger partial charge in [-0.1, -0.05) is 11.6 Å². The van der Waals surface area contributed by atoms with E-state index in [1.807, 2.05) is 0 Å². The largest absolute Gasteiger partial charge is 0.352 e. The molecule has 0 aromatic heterocycles. The summed E-state index contributed by atoms with van der Waals surface area (Å²) in [6.07, 6.45) is 1.62. The number of carbonyl (C=O) groups excluding carboxylic acids is 2. The zero-order valence-corrected chi connectivity index (χ0v) is 14.3.